The molecule has 2 aliphatic rings. The molecule has 1 N–H and O–H groups in total. The molecule has 2 unspecified atom stereocenters. The molecule has 0 spiro atoms. The molecule has 2 atom stereocenters. The fraction of sp³-hybridized carbons (Fsp3) is 0.600. The normalized spacial score (nSPS) is 24.6. The minimum absolute atomic E-state index is 0.771. The number of nitrogens with one attached hydrogen (secondary N) is 1. The third-order valence-electron chi connectivity index (χ3n) is 4.19. The first-order valence-corrected chi connectivity index (χ1v) is 7.76. The van der Waals surface area contributed by atoms with Gasteiger partial charge in [0, 0.05) is 16.7 Å². The van der Waals surface area contributed by atoms with Crippen LogP contribution in [0.25, 0.3) is 0 Å². The molecule has 1 saturated carbocycles. The molecule has 17 heavy (non-hydrogen) atoms. The minimum Gasteiger partial charge on any atom is -0.317 e. The van der Waals surface area contributed by atoms with E-state index in [9.17, 15) is 0 Å². The van der Waals surface area contributed by atoms with Crippen LogP contribution in [-0.2, 0) is 0 Å². The summed E-state index contributed by atoms with van der Waals surface area (Å²) in [5.41, 5.74) is 1.60. The zero-order valence-corrected chi connectivity index (χ0v) is 11.3. The van der Waals surface area contributed by atoms with Gasteiger partial charge in [0.15, 0.2) is 0 Å². The molecule has 1 aromatic carbocycles. The van der Waals surface area contributed by atoms with Gasteiger partial charge in [0.2, 0.25) is 0 Å². The smallest absolute Gasteiger partial charge is 0.0107 e. The van der Waals surface area contributed by atoms with Crippen LogP contribution < -0.4 is 5.32 Å². The van der Waals surface area contributed by atoms with Gasteiger partial charge in [-0.3, -0.25) is 0 Å². The van der Waals surface area contributed by atoms with Crippen molar-refractivity contribution < 1.29 is 0 Å². The number of fused-ring (bicyclic) bond motifs is 1. The quantitative estimate of drug-likeness (QED) is 0.852. The fourth-order valence-corrected chi connectivity index (χ4v) is 4.27. The van der Waals surface area contributed by atoms with Crippen molar-refractivity contribution in [3.8, 4) is 0 Å². The topological polar surface area (TPSA) is 12.0 Å². The molecule has 1 aromatic rings. The molecule has 2 heteroatoms. The van der Waals surface area contributed by atoms with Gasteiger partial charge in [-0.25, -0.2) is 0 Å². The molecule has 1 fully saturated rings. The van der Waals surface area contributed by atoms with E-state index in [0.717, 1.165) is 17.9 Å². The molecule has 0 amide bonds. The van der Waals surface area contributed by atoms with E-state index in [-0.39, 0.29) is 0 Å². The van der Waals surface area contributed by atoms with E-state index in [0.29, 0.717) is 0 Å². The van der Waals surface area contributed by atoms with Crippen LogP contribution >= 0.6 is 11.8 Å². The first-order chi connectivity index (χ1) is 8.38. The molecule has 1 aliphatic carbocycles. The summed E-state index contributed by atoms with van der Waals surface area (Å²) in [7, 11) is 2.13. The zero-order chi connectivity index (χ0) is 11.7. The summed E-state index contributed by atoms with van der Waals surface area (Å²) in [5, 5.41) is 3.51. The maximum Gasteiger partial charge on any atom is 0.0107 e. The lowest BCUT2D eigenvalue weighted by atomic mass is 9.93. The Bertz CT molecular complexity index is 386. The van der Waals surface area contributed by atoms with Gasteiger partial charge in [-0.15, -0.1) is 11.8 Å². The highest BCUT2D eigenvalue weighted by molar-refractivity contribution is 7.99. The maximum absolute atomic E-state index is 3.51. The van der Waals surface area contributed by atoms with Gasteiger partial charge in [0.25, 0.3) is 0 Å². The van der Waals surface area contributed by atoms with Gasteiger partial charge >= 0.3 is 0 Å². The lowest BCUT2D eigenvalue weighted by Crippen LogP contribution is -2.27. The molecule has 1 heterocycles. The Balaban J connectivity index is 1.59. The van der Waals surface area contributed by atoms with Gasteiger partial charge in [0.1, 0.15) is 0 Å². The Labute approximate surface area is 108 Å². The van der Waals surface area contributed by atoms with Gasteiger partial charge in [-0.1, -0.05) is 18.2 Å². The van der Waals surface area contributed by atoms with Crippen molar-refractivity contribution in [1.82, 2.24) is 5.32 Å². The van der Waals surface area contributed by atoms with E-state index in [4.69, 9.17) is 0 Å². The Morgan fingerprint density at radius 1 is 1.35 bits per heavy atom. The number of rotatable bonds is 5. The highest BCUT2D eigenvalue weighted by Gasteiger charge is 2.31. The molecule has 0 saturated heterocycles. The van der Waals surface area contributed by atoms with Crippen molar-refractivity contribution >= 4 is 11.8 Å². The van der Waals surface area contributed by atoms with Crippen LogP contribution in [0.15, 0.2) is 29.2 Å². The monoisotopic (exact) mass is 247 g/mol. The van der Waals surface area contributed by atoms with Crippen molar-refractivity contribution in [1.29, 1.82) is 0 Å². The Hall–Kier alpha value is -0.470. The standard InChI is InChI=1S/C15H21NS/c1-16-14(11-6-7-11)9-8-12-10-17-15-5-3-2-4-13(12)15/h2-5,11-12,14,16H,6-10H2,1H3. The first-order valence-electron chi connectivity index (χ1n) is 6.77. The summed E-state index contributed by atoms with van der Waals surface area (Å²) in [6.45, 7) is 0. The number of benzene rings is 1. The van der Waals surface area contributed by atoms with E-state index in [1.165, 1.54) is 36.3 Å². The lowest BCUT2D eigenvalue weighted by molar-refractivity contribution is 0.441. The maximum atomic E-state index is 3.51. The van der Waals surface area contributed by atoms with Gasteiger partial charge in [-0.2, -0.15) is 0 Å². The van der Waals surface area contributed by atoms with Crippen LogP contribution in [0, 0.1) is 5.92 Å². The van der Waals surface area contributed by atoms with E-state index in [1.807, 2.05) is 11.8 Å². The minimum atomic E-state index is 0.771. The third-order valence-corrected chi connectivity index (χ3v) is 5.44. The Kier molecular flexibility index (Phi) is 3.44. The fourth-order valence-electron chi connectivity index (χ4n) is 2.96. The molecule has 1 aliphatic heterocycles. The largest absolute Gasteiger partial charge is 0.317 e. The predicted molar refractivity (Wildman–Crippen MR) is 74.7 cm³/mol. The van der Waals surface area contributed by atoms with Crippen LogP contribution in [0.3, 0.4) is 0 Å². The molecular weight excluding hydrogens is 226 g/mol. The van der Waals surface area contributed by atoms with Gasteiger partial charge in [0.05, 0.1) is 0 Å². The second-order valence-corrected chi connectivity index (χ2v) is 6.42. The highest BCUT2D eigenvalue weighted by Crippen LogP contribution is 2.43. The van der Waals surface area contributed by atoms with Crippen molar-refractivity contribution in [2.45, 2.75) is 42.5 Å². The van der Waals surface area contributed by atoms with Gasteiger partial charge in [-0.05, 0) is 56.2 Å². The molecule has 0 bridgehead atoms. The van der Waals surface area contributed by atoms with E-state index in [1.54, 1.807) is 5.56 Å². The predicted octanol–water partition coefficient (Wildman–Crippen LogP) is 3.65. The Morgan fingerprint density at radius 3 is 2.94 bits per heavy atom. The van der Waals surface area contributed by atoms with E-state index < -0.39 is 0 Å². The zero-order valence-electron chi connectivity index (χ0n) is 10.5. The SMILES string of the molecule is CNC(CCC1CSc2ccccc21)C1CC1. The summed E-state index contributed by atoms with van der Waals surface area (Å²) in [4.78, 5) is 1.52. The van der Waals surface area contributed by atoms with E-state index in [2.05, 4.69) is 36.6 Å². The summed E-state index contributed by atoms with van der Waals surface area (Å²) < 4.78 is 0. The second kappa shape index (κ2) is 5.03. The number of hydrogen-bond donors (Lipinski definition) is 1. The van der Waals surface area contributed by atoms with Gasteiger partial charge < -0.3 is 5.32 Å². The van der Waals surface area contributed by atoms with Crippen molar-refractivity contribution in [2.24, 2.45) is 5.92 Å². The summed E-state index contributed by atoms with van der Waals surface area (Å²) >= 11 is 2.04. The summed E-state index contributed by atoms with van der Waals surface area (Å²) in [5.74, 6) is 3.07. The average Bonchev–Trinajstić information content (AvgIpc) is 3.12. The third kappa shape index (κ3) is 2.53. The van der Waals surface area contributed by atoms with Crippen LogP contribution in [0.4, 0.5) is 0 Å². The molecule has 92 valence electrons. The number of hydrogen-bond acceptors (Lipinski definition) is 2. The summed E-state index contributed by atoms with van der Waals surface area (Å²) in [6.07, 6.45) is 5.59. The van der Waals surface area contributed by atoms with Crippen LogP contribution in [0.5, 0.6) is 0 Å². The molecular formula is C15H21NS. The van der Waals surface area contributed by atoms with Crippen molar-refractivity contribution in [3.05, 3.63) is 29.8 Å². The Morgan fingerprint density at radius 2 is 2.18 bits per heavy atom. The van der Waals surface area contributed by atoms with Crippen molar-refractivity contribution in [3.63, 3.8) is 0 Å². The molecule has 0 aromatic heterocycles. The first kappa shape index (κ1) is 11.6. The van der Waals surface area contributed by atoms with Crippen LogP contribution in [0.2, 0.25) is 0 Å². The van der Waals surface area contributed by atoms with Crippen LogP contribution in [0.1, 0.15) is 37.2 Å². The second-order valence-electron chi connectivity index (χ2n) is 5.36. The molecule has 1 nitrogen and oxygen atoms in total. The van der Waals surface area contributed by atoms with E-state index >= 15 is 0 Å². The lowest BCUT2D eigenvalue weighted by Gasteiger charge is -2.18. The molecule has 3 rings (SSSR count). The summed E-state index contributed by atoms with van der Waals surface area (Å²) in [6, 6.07) is 9.72. The van der Waals surface area contributed by atoms with Crippen LogP contribution in [-0.4, -0.2) is 18.8 Å². The average molecular weight is 247 g/mol. The number of thioether (sulfide) groups is 1. The highest BCUT2D eigenvalue weighted by atomic mass is 32.2. The molecule has 0 radical (unpaired) electrons. The van der Waals surface area contributed by atoms with Crippen molar-refractivity contribution in [2.75, 3.05) is 12.8 Å².